The molecule has 1 aliphatic rings. The van der Waals surface area contributed by atoms with E-state index >= 15 is 0 Å². The maximum absolute atomic E-state index is 13.5. The number of hydrogen-bond donors (Lipinski definition) is 0. The van der Waals surface area contributed by atoms with Crippen LogP contribution in [-0.4, -0.2) is 35.9 Å². The van der Waals surface area contributed by atoms with Gasteiger partial charge < -0.3 is 14.1 Å². The summed E-state index contributed by atoms with van der Waals surface area (Å²) in [7, 11) is 0. The first-order valence-corrected chi connectivity index (χ1v) is 8.69. The molecule has 2 heterocycles. The molecule has 0 radical (unpaired) electrons. The Hall–Kier alpha value is -2.44. The van der Waals surface area contributed by atoms with Crippen molar-refractivity contribution < 1.29 is 22.7 Å². The van der Waals surface area contributed by atoms with Gasteiger partial charge in [0.1, 0.15) is 11.3 Å². The van der Waals surface area contributed by atoms with Crippen LogP contribution in [0.3, 0.4) is 0 Å². The lowest BCUT2D eigenvalue weighted by molar-refractivity contribution is -0.148. The van der Waals surface area contributed by atoms with E-state index < -0.39 is 30.1 Å². The number of carbonyl (C=O) groups excluding carboxylic acids is 1. The molecule has 0 N–H and O–H groups in total. The fourth-order valence-electron chi connectivity index (χ4n) is 3.24. The number of benzene rings is 1. The van der Waals surface area contributed by atoms with Crippen molar-refractivity contribution in [2.75, 3.05) is 13.1 Å². The third-order valence-electron chi connectivity index (χ3n) is 4.55. The molecule has 1 atom stereocenters. The Kier molecular flexibility index (Phi) is 4.98. The Morgan fingerprint density at radius 2 is 2.15 bits per heavy atom. The number of hydrogen-bond acceptors (Lipinski definition) is 4. The molecule has 140 valence electrons. The quantitative estimate of drug-likeness (QED) is 0.780. The molecule has 5 nitrogen and oxygen atoms in total. The number of ether oxygens (including phenoxy) is 1. The van der Waals surface area contributed by atoms with Crippen molar-refractivity contribution in [1.82, 2.24) is 4.90 Å². The number of aryl methyl sites for hydroxylation is 1. The van der Waals surface area contributed by atoms with Gasteiger partial charge in [0, 0.05) is 30.5 Å². The molecule has 1 saturated heterocycles. The van der Waals surface area contributed by atoms with Gasteiger partial charge in [0.25, 0.3) is 11.8 Å². The Labute approximate surface area is 149 Å². The predicted octanol–water partition coefficient (Wildman–Crippen LogP) is 3.38. The van der Waals surface area contributed by atoms with Gasteiger partial charge >= 0.3 is 5.63 Å². The molecule has 0 aliphatic carbocycles. The molecule has 2 aromatic rings. The summed E-state index contributed by atoms with van der Waals surface area (Å²) < 4.78 is 37.8. The van der Waals surface area contributed by atoms with Crippen LogP contribution >= 0.6 is 0 Å². The van der Waals surface area contributed by atoms with Crippen molar-refractivity contribution in [2.24, 2.45) is 0 Å². The molecule has 1 fully saturated rings. The van der Waals surface area contributed by atoms with Gasteiger partial charge in [-0.05, 0) is 37.5 Å². The molecule has 0 bridgehead atoms. The highest BCUT2D eigenvalue weighted by Gasteiger charge is 2.38. The highest BCUT2D eigenvalue weighted by atomic mass is 19.3. The minimum absolute atomic E-state index is 0.199. The third-order valence-corrected chi connectivity index (χ3v) is 4.55. The van der Waals surface area contributed by atoms with Gasteiger partial charge in [-0.2, -0.15) is 0 Å². The largest absolute Gasteiger partial charge is 0.481 e. The second kappa shape index (κ2) is 7.05. The number of halogens is 2. The lowest BCUT2D eigenvalue weighted by atomic mass is 10.1. The highest BCUT2D eigenvalue weighted by Crippen LogP contribution is 2.28. The maximum atomic E-state index is 13.5. The first kappa shape index (κ1) is 18.4. The Morgan fingerprint density at radius 3 is 2.85 bits per heavy atom. The normalized spacial score (nSPS) is 17.9. The minimum Gasteiger partial charge on any atom is -0.481 e. The minimum atomic E-state index is -2.85. The van der Waals surface area contributed by atoms with Crippen molar-refractivity contribution in [3.63, 3.8) is 0 Å². The van der Waals surface area contributed by atoms with Crippen LogP contribution in [0.25, 0.3) is 11.0 Å². The molecule has 26 heavy (non-hydrogen) atoms. The number of likely N-dealkylation sites (tertiary alicyclic amines) is 1. The standard InChI is InChI=1S/C19H21F2NO4/c1-3-13-9-17(23)26-16-10-14(5-6-15(13)16)25-12(2)18(24)22-8-4-7-19(20,21)11-22/h5-6,9-10,12H,3-4,7-8,11H2,1-2H3. The van der Waals surface area contributed by atoms with E-state index in [1.807, 2.05) is 6.92 Å². The molecule has 0 saturated carbocycles. The van der Waals surface area contributed by atoms with E-state index in [1.54, 1.807) is 18.2 Å². The van der Waals surface area contributed by atoms with Gasteiger partial charge in [-0.15, -0.1) is 0 Å². The smallest absolute Gasteiger partial charge is 0.336 e. The molecule has 3 rings (SSSR count). The maximum Gasteiger partial charge on any atom is 0.336 e. The monoisotopic (exact) mass is 365 g/mol. The second-order valence-electron chi connectivity index (χ2n) is 6.58. The number of alkyl halides is 2. The van der Waals surface area contributed by atoms with E-state index in [2.05, 4.69) is 0 Å². The first-order chi connectivity index (χ1) is 12.3. The SMILES string of the molecule is CCc1cc(=O)oc2cc(OC(C)C(=O)N3CCCC(F)(F)C3)ccc12. The number of amides is 1. The molecule has 0 spiro atoms. The number of rotatable bonds is 4. The summed E-state index contributed by atoms with van der Waals surface area (Å²) >= 11 is 0. The predicted molar refractivity (Wildman–Crippen MR) is 92.7 cm³/mol. The van der Waals surface area contributed by atoms with Crippen LogP contribution in [0.15, 0.2) is 33.5 Å². The number of piperidine rings is 1. The molecular formula is C19H21F2NO4. The summed E-state index contributed by atoms with van der Waals surface area (Å²) in [5.41, 5.74) is 0.782. The van der Waals surface area contributed by atoms with E-state index in [9.17, 15) is 18.4 Å². The zero-order chi connectivity index (χ0) is 18.9. The van der Waals surface area contributed by atoms with Crippen LogP contribution < -0.4 is 10.4 Å². The zero-order valence-electron chi connectivity index (χ0n) is 14.8. The van der Waals surface area contributed by atoms with Crippen molar-refractivity contribution in [3.8, 4) is 5.75 Å². The van der Waals surface area contributed by atoms with Gasteiger partial charge in [-0.25, -0.2) is 13.6 Å². The molecule has 1 unspecified atom stereocenters. The third kappa shape index (κ3) is 3.86. The fraction of sp³-hybridized carbons (Fsp3) is 0.474. The van der Waals surface area contributed by atoms with Gasteiger partial charge in [0.2, 0.25) is 0 Å². The van der Waals surface area contributed by atoms with Crippen molar-refractivity contribution in [3.05, 3.63) is 40.2 Å². The molecule has 1 aromatic heterocycles. The molecule has 7 heteroatoms. The average molecular weight is 365 g/mol. The van der Waals surface area contributed by atoms with Gasteiger partial charge in [0.15, 0.2) is 6.10 Å². The van der Waals surface area contributed by atoms with Crippen molar-refractivity contribution >= 4 is 16.9 Å². The number of fused-ring (bicyclic) bond motifs is 1. The van der Waals surface area contributed by atoms with Crippen LogP contribution in [0.4, 0.5) is 8.78 Å². The number of nitrogens with zero attached hydrogens (tertiary/aromatic N) is 1. The summed E-state index contributed by atoms with van der Waals surface area (Å²) in [6.45, 7) is 3.19. The summed E-state index contributed by atoms with van der Waals surface area (Å²) in [4.78, 5) is 25.2. The summed E-state index contributed by atoms with van der Waals surface area (Å²) in [5.74, 6) is -2.98. The molecule has 1 aromatic carbocycles. The van der Waals surface area contributed by atoms with E-state index in [1.165, 1.54) is 13.0 Å². The fourth-order valence-corrected chi connectivity index (χ4v) is 3.24. The van der Waals surface area contributed by atoms with Crippen LogP contribution in [0.1, 0.15) is 32.3 Å². The summed E-state index contributed by atoms with van der Waals surface area (Å²) in [6.07, 6.45) is -0.162. The van der Waals surface area contributed by atoms with Crippen LogP contribution in [-0.2, 0) is 11.2 Å². The topological polar surface area (TPSA) is 59.8 Å². The lowest BCUT2D eigenvalue weighted by Crippen LogP contribution is -2.49. The molecule has 1 amide bonds. The van der Waals surface area contributed by atoms with E-state index in [-0.39, 0.29) is 12.8 Å². The zero-order valence-corrected chi connectivity index (χ0v) is 14.8. The van der Waals surface area contributed by atoms with E-state index in [4.69, 9.17) is 9.15 Å². The summed E-state index contributed by atoms with van der Waals surface area (Å²) in [5, 5.41) is 0.800. The highest BCUT2D eigenvalue weighted by molar-refractivity contribution is 5.83. The van der Waals surface area contributed by atoms with Crippen LogP contribution in [0.2, 0.25) is 0 Å². The second-order valence-corrected chi connectivity index (χ2v) is 6.58. The Morgan fingerprint density at radius 1 is 1.38 bits per heavy atom. The van der Waals surface area contributed by atoms with Crippen molar-refractivity contribution in [2.45, 2.75) is 45.1 Å². The van der Waals surface area contributed by atoms with Gasteiger partial charge in [0.05, 0.1) is 6.54 Å². The number of carbonyl (C=O) groups is 1. The van der Waals surface area contributed by atoms with Gasteiger partial charge in [-0.1, -0.05) is 6.92 Å². The van der Waals surface area contributed by atoms with Gasteiger partial charge in [-0.3, -0.25) is 4.79 Å². The summed E-state index contributed by atoms with van der Waals surface area (Å²) in [6, 6.07) is 6.44. The van der Waals surface area contributed by atoms with E-state index in [0.29, 0.717) is 24.3 Å². The Bertz CT molecular complexity index is 877. The first-order valence-electron chi connectivity index (χ1n) is 8.69. The van der Waals surface area contributed by atoms with Crippen molar-refractivity contribution in [1.29, 1.82) is 0 Å². The van der Waals surface area contributed by atoms with Crippen LogP contribution in [0, 0.1) is 0 Å². The lowest BCUT2D eigenvalue weighted by Gasteiger charge is -2.33. The van der Waals surface area contributed by atoms with E-state index in [0.717, 1.165) is 15.8 Å². The Balaban J connectivity index is 1.77. The molecule has 1 aliphatic heterocycles. The average Bonchev–Trinajstić information content (AvgIpc) is 2.59. The molecular weight excluding hydrogens is 344 g/mol. The van der Waals surface area contributed by atoms with Crippen LogP contribution in [0.5, 0.6) is 5.75 Å².